The summed E-state index contributed by atoms with van der Waals surface area (Å²) in [5.41, 5.74) is 0.935. The molecule has 0 radical (unpaired) electrons. The number of nitrogens with zero attached hydrogens (tertiary/aromatic N) is 1. The number of hydrogen-bond acceptors (Lipinski definition) is 3. The lowest BCUT2D eigenvalue weighted by atomic mass is 10.1. The molecular formula is C14H19NO2. The highest BCUT2D eigenvalue weighted by molar-refractivity contribution is 5.61. The first-order chi connectivity index (χ1) is 8.19. The lowest BCUT2D eigenvalue weighted by Crippen LogP contribution is -2.35. The predicted octanol–water partition coefficient (Wildman–Crippen LogP) is 1.80. The van der Waals surface area contributed by atoms with Crippen molar-refractivity contribution in [1.29, 1.82) is 0 Å². The van der Waals surface area contributed by atoms with E-state index in [2.05, 4.69) is 6.58 Å². The Balaban J connectivity index is 2.88. The molecule has 0 spiro atoms. The predicted molar refractivity (Wildman–Crippen MR) is 68.7 cm³/mol. The summed E-state index contributed by atoms with van der Waals surface area (Å²) in [7, 11) is 0. The Morgan fingerprint density at radius 1 is 1.41 bits per heavy atom. The molecule has 1 aromatic carbocycles. The van der Waals surface area contributed by atoms with E-state index in [1.165, 1.54) is 0 Å². The second-order valence-electron chi connectivity index (χ2n) is 4.08. The lowest BCUT2D eigenvalue weighted by Gasteiger charge is -2.28. The van der Waals surface area contributed by atoms with Gasteiger partial charge in [0.25, 0.3) is 0 Å². The van der Waals surface area contributed by atoms with Gasteiger partial charge in [0.2, 0.25) is 0 Å². The maximum absolute atomic E-state index is 11.2. The van der Waals surface area contributed by atoms with Gasteiger partial charge in [-0.15, -0.1) is 6.58 Å². The SMILES string of the molecule is C=CCN(C[C@H](C)O)[C@@H](C=O)c1ccccc1. The topological polar surface area (TPSA) is 40.5 Å². The second-order valence-corrected chi connectivity index (χ2v) is 4.08. The number of aliphatic hydroxyl groups excluding tert-OH is 1. The minimum Gasteiger partial charge on any atom is -0.392 e. The van der Waals surface area contributed by atoms with Gasteiger partial charge >= 0.3 is 0 Å². The molecule has 0 saturated carbocycles. The molecule has 3 nitrogen and oxygen atoms in total. The molecule has 0 unspecified atom stereocenters. The Hall–Kier alpha value is -1.45. The Morgan fingerprint density at radius 2 is 2.06 bits per heavy atom. The van der Waals surface area contributed by atoms with Crippen LogP contribution in [0, 0.1) is 0 Å². The number of aldehydes is 1. The lowest BCUT2D eigenvalue weighted by molar-refractivity contribution is -0.112. The van der Waals surface area contributed by atoms with E-state index in [4.69, 9.17) is 0 Å². The summed E-state index contributed by atoms with van der Waals surface area (Å²) in [6, 6.07) is 9.22. The normalized spacial score (nSPS) is 14.3. The van der Waals surface area contributed by atoms with E-state index >= 15 is 0 Å². The van der Waals surface area contributed by atoms with E-state index in [0.717, 1.165) is 11.8 Å². The Kier molecular flexibility index (Phi) is 5.60. The molecule has 1 N–H and O–H groups in total. The van der Waals surface area contributed by atoms with Crippen LogP contribution in [-0.4, -0.2) is 35.5 Å². The minimum absolute atomic E-state index is 0.330. The summed E-state index contributed by atoms with van der Waals surface area (Å²) in [5, 5.41) is 9.45. The van der Waals surface area contributed by atoms with Crippen molar-refractivity contribution in [2.24, 2.45) is 0 Å². The molecule has 0 bridgehead atoms. The minimum atomic E-state index is -0.471. The van der Waals surface area contributed by atoms with Gasteiger partial charge in [0, 0.05) is 13.1 Å². The number of carbonyl (C=O) groups excluding carboxylic acids is 1. The van der Waals surface area contributed by atoms with Gasteiger partial charge in [0.05, 0.1) is 12.1 Å². The van der Waals surface area contributed by atoms with Crippen molar-refractivity contribution < 1.29 is 9.90 Å². The smallest absolute Gasteiger partial charge is 0.141 e. The van der Waals surface area contributed by atoms with Crippen LogP contribution >= 0.6 is 0 Å². The van der Waals surface area contributed by atoms with Crippen molar-refractivity contribution in [3.63, 3.8) is 0 Å². The van der Waals surface area contributed by atoms with Crippen molar-refractivity contribution in [3.05, 3.63) is 48.6 Å². The number of rotatable bonds is 7. The van der Waals surface area contributed by atoms with E-state index in [1.54, 1.807) is 13.0 Å². The Bertz CT molecular complexity index is 348. The third kappa shape index (κ3) is 4.13. The third-order valence-corrected chi connectivity index (χ3v) is 2.53. The summed E-state index contributed by atoms with van der Waals surface area (Å²) >= 11 is 0. The zero-order valence-electron chi connectivity index (χ0n) is 10.1. The van der Waals surface area contributed by atoms with Crippen LogP contribution in [0.25, 0.3) is 0 Å². The van der Waals surface area contributed by atoms with Crippen LogP contribution in [0.5, 0.6) is 0 Å². The van der Waals surface area contributed by atoms with Gasteiger partial charge in [0.1, 0.15) is 6.29 Å². The monoisotopic (exact) mass is 233 g/mol. The highest BCUT2D eigenvalue weighted by Gasteiger charge is 2.19. The first-order valence-electron chi connectivity index (χ1n) is 5.72. The van der Waals surface area contributed by atoms with Crippen LogP contribution in [-0.2, 0) is 4.79 Å². The highest BCUT2D eigenvalue weighted by Crippen LogP contribution is 2.18. The fourth-order valence-electron chi connectivity index (χ4n) is 1.83. The van der Waals surface area contributed by atoms with Crippen molar-refractivity contribution in [2.75, 3.05) is 13.1 Å². The van der Waals surface area contributed by atoms with Crippen LogP contribution in [0.3, 0.4) is 0 Å². The van der Waals surface area contributed by atoms with E-state index in [1.807, 2.05) is 35.2 Å². The van der Waals surface area contributed by atoms with Gasteiger partial charge in [-0.2, -0.15) is 0 Å². The quantitative estimate of drug-likeness (QED) is 0.576. The van der Waals surface area contributed by atoms with Gasteiger partial charge in [-0.05, 0) is 12.5 Å². The zero-order chi connectivity index (χ0) is 12.7. The van der Waals surface area contributed by atoms with Gasteiger partial charge in [-0.3, -0.25) is 4.90 Å². The van der Waals surface area contributed by atoms with Crippen LogP contribution in [0.2, 0.25) is 0 Å². The molecule has 2 atom stereocenters. The molecule has 0 aliphatic heterocycles. The maximum Gasteiger partial charge on any atom is 0.141 e. The van der Waals surface area contributed by atoms with Crippen LogP contribution in [0.4, 0.5) is 0 Å². The summed E-state index contributed by atoms with van der Waals surface area (Å²) in [6.45, 7) is 6.41. The first kappa shape index (κ1) is 13.6. The number of carbonyl (C=O) groups is 1. The van der Waals surface area contributed by atoms with Gasteiger partial charge in [-0.1, -0.05) is 36.4 Å². The van der Waals surface area contributed by atoms with E-state index < -0.39 is 6.10 Å². The number of aliphatic hydroxyl groups is 1. The van der Waals surface area contributed by atoms with E-state index in [0.29, 0.717) is 13.1 Å². The third-order valence-electron chi connectivity index (χ3n) is 2.53. The van der Waals surface area contributed by atoms with Crippen LogP contribution < -0.4 is 0 Å². The Morgan fingerprint density at radius 3 is 2.53 bits per heavy atom. The number of hydrogen-bond donors (Lipinski definition) is 1. The zero-order valence-corrected chi connectivity index (χ0v) is 10.1. The molecule has 0 aliphatic carbocycles. The van der Waals surface area contributed by atoms with Crippen molar-refractivity contribution in [1.82, 2.24) is 4.90 Å². The van der Waals surface area contributed by atoms with Crippen LogP contribution in [0.1, 0.15) is 18.5 Å². The average Bonchev–Trinajstić information content (AvgIpc) is 2.31. The van der Waals surface area contributed by atoms with Gasteiger partial charge in [-0.25, -0.2) is 0 Å². The molecule has 1 rings (SSSR count). The Labute approximate surface area is 102 Å². The highest BCUT2D eigenvalue weighted by atomic mass is 16.3. The maximum atomic E-state index is 11.2. The molecule has 0 aliphatic rings. The molecule has 0 saturated heterocycles. The van der Waals surface area contributed by atoms with Gasteiger partial charge < -0.3 is 9.90 Å². The molecule has 0 fully saturated rings. The fourth-order valence-corrected chi connectivity index (χ4v) is 1.83. The molecular weight excluding hydrogens is 214 g/mol. The van der Waals surface area contributed by atoms with Crippen molar-refractivity contribution >= 4 is 6.29 Å². The largest absolute Gasteiger partial charge is 0.392 e. The summed E-state index contributed by atoms with van der Waals surface area (Å²) < 4.78 is 0. The second kappa shape index (κ2) is 6.99. The molecule has 0 amide bonds. The molecule has 0 heterocycles. The summed E-state index contributed by atoms with van der Waals surface area (Å²) in [6.07, 6.45) is 2.17. The van der Waals surface area contributed by atoms with Crippen molar-refractivity contribution in [3.8, 4) is 0 Å². The van der Waals surface area contributed by atoms with Crippen LogP contribution in [0.15, 0.2) is 43.0 Å². The van der Waals surface area contributed by atoms with E-state index in [-0.39, 0.29) is 6.04 Å². The molecule has 92 valence electrons. The summed E-state index contributed by atoms with van der Waals surface area (Å²) in [5.74, 6) is 0. The fraction of sp³-hybridized carbons (Fsp3) is 0.357. The molecule has 3 heteroatoms. The summed E-state index contributed by atoms with van der Waals surface area (Å²) in [4.78, 5) is 13.1. The van der Waals surface area contributed by atoms with E-state index in [9.17, 15) is 9.90 Å². The van der Waals surface area contributed by atoms with Crippen molar-refractivity contribution in [2.45, 2.75) is 19.1 Å². The molecule has 0 aromatic heterocycles. The first-order valence-corrected chi connectivity index (χ1v) is 5.72. The van der Waals surface area contributed by atoms with Gasteiger partial charge in [0.15, 0.2) is 0 Å². The number of benzene rings is 1. The standard InChI is InChI=1S/C14H19NO2/c1-3-9-15(10-12(2)17)14(11-16)13-7-5-4-6-8-13/h3-8,11-12,14,17H,1,9-10H2,2H3/t12-,14-/m0/s1. The molecule has 17 heavy (non-hydrogen) atoms. The molecule has 1 aromatic rings. The average molecular weight is 233 g/mol.